The van der Waals surface area contributed by atoms with Crippen LogP contribution in [-0.4, -0.2) is 23.1 Å². The van der Waals surface area contributed by atoms with Gasteiger partial charge in [-0.05, 0) is 36.4 Å². The highest BCUT2D eigenvalue weighted by Gasteiger charge is 2.23. The zero-order valence-corrected chi connectivity index (χ0v) is 12.5. The van der Waals surface area contributed by atoms with Crippen LogP contribution in [0.1, 0.15) is 6.92 Å². The second kappa shape index (κ2) is 6.32. The van der Waals surface area contributed by atoms with Crippen LogP contribution < -0.4 is 26.8 Å². The summed E-state index contributed by atoms with van der Waals surface area (Å²) in [4.78, 5) is 19.5. The summed E-state index contributed by atoms with van der Waals surface area (Å²) in [5, 5.41) is 7.50. The standard InChI is InChI=1S/C15H17N7O/c1-10(23)18-11-5-7-12(8-6-11)19-15-20-14(16)22(21-15)13-4-2-3-9-17-13/h2-9,14H,16H2,1H3,(H,18,23)(H2,19,20,21). The molecular formula is C15H17N7O. The summed E-state index contributed by atoms with van der Waals surface area (Å²) >= 11 is 0. The molecule has 8 nitrogen and oxygen atoms in total. The van der Waals surface area contributed by atoms with E-state index in [1.54, 1.807) is 23.3 Å². The summed E-state index contributed by atoms with van der Waals surface area (Å²) in [7, 11) is 0. The number of carbonyl (C=O) groups excluding carboxylic acids is 1. The van der Waals surface area contributed by atoms with Gasteiger partial charge in [0.2, 0.25) is 11.9 Å². The van der Waals surface area contributed by atoms with Crippen LogP contribution in [0.3, 0.4) is 0 Å². The maximum Gasteiger partial charge on any atom is 0.221 e. The minimum Gasteiger partial charge on any atom is -0.326 e. The zero-order chi connectivity index (χ0) is 16.2. The van der Waals surface area contributed by atoms with Gasteiger partial charge in [0.05, 0.1) is 0 Å². The van der Waals surface area contributed by atoms with Gasteiger partial charge in [-0.3, -0.25) is 16.0 Å². The molecule has 0 radical (unpaired) electrons. The Morgan fingerprint density at radius 2 is 1.96 bits per heavy atom. The molecule has 2 heterocycles. The van der Waals surface area contributed by atoms with Crippen molar-refractivity contribution in [1.29, 1.82) is 0 Å². The number of pyridine rings is 1. The molecule has 1 aromatic heterocycles. The number of hydrogen-bond donors (Lipinski definition) is 4. The van der Waals surface area contributed by atoms with E-state index in [9.17, 15) is 4.79 Å². The number of anilines is 3. The van der Waals surface area contributed by atoms with Gasteiger partial charge in [-0.25, -0.2) is 15.0 Å². The summed E-state index contributed by atoms with van der Waals surface area (Å²) < 4.78 is 0. The Labute approximate surface area is 133 Å². The largest absolute Gasteiger partial charge is 0.326 e. The quantitative estimate of drug-likeness (QED) is 0.675. The van der Waals surface area contributed by atoms with Crippen molar-refractivity contribution in [2.45, 2.75) is 13.2 Å². The van der Waals surface area contributed by atoms with Gasteiger partial charge in [0.15, 0.2) is 6.29 Å². The third-order valence-corrected chi connectivity index (χ3v) is 3.12. The number of rotatable bonds is 3. The number of benzene rings is 1. The molecule has 1 amide bonds. The molecule has 23 heavy (non-hydrogen) atoms. The van der Waals surface area contributed by atoms with Crippen molar-refractivity contribution in [2.24, 2.45) is 10.7 Å². The number of aliphatic imine (C=N–C) groups is 1. The molecule has 0 aliphatic carbocycles. The Kier molecular flexibility index (Phi) is 4.07. The highest BCUT2D eigenvalue weighted by atomic mass is 16.1. The zero-order valence-electron chi connectivity index (χ0n) is 12.5. The van der Waals surface area contributed by atoms with Gasteiger partial charge < -0.3 is 10.6 Å². The molecule has 1 aliphatic heterocycles. The predicted octanol–water partition coefficient (Wildman–Crippen LogP) is 1.07. The molecule has 3 rings (SSSR count). The van der Waals surface area contributed by atoms with Crippen molar-refractivity contribution in [2.75, 3.05) is 15.6 Å². The van der Waals surface area contributed by atoms with Gasteiger partial charge >= 0.3 is 0 Å². The number of guanidine groups is 1. The Bertz CT molecular complexity index is 714. The number of nitrogens with zero attached hydrogens (tertiary/aromatic N) is 3. The van der Waals surface area contributed by atoms with E-state index >= 15 is 0 Å². The van der Waals surface area contributed by atoms with Crippen molar-refractivity contribution in [3.8, 4) is 0 Å². The first-order valence-corrected chi connectivity index (χ1v) is 7.07. The van der Waals surface area contributed by atoms with Gasteiger partial charge in [0.25, 0.3) is 0 Å². The molecule has 1 aromatic carbocycles. The van der Waals surface area contributed by atoms with Crippen LogP contribution in [0.4, 0.5) is 17.2 Å². The molecule has 8 heteroatoms. The molecule has 0 spiro atoms. The molecule has 1 atom stereocenters. The fraction of sp³-hybridized carbons (Fsp3) is 0.133. The summed E-state index contributed by atoms with van der Waals surface area (Å²) in [5.74, 6) is 1.10. The Hall–Kier alpha value is -3.13. The SMILES string of the molecule is CC(=O)Nc1ccc(NC2=NC(N)N(c3ccccn3)N2)cc1. The Morgan fingerprint density at radius 1 is 1.22 bits per heavy atom. The second-order valence-electron chi connectivity index (χ2n) is 4.94. The van der Waals surface area contributed by atoms with E-state index in [2.05, 4.69) is 26.0 Å². The minimum absolute atomic E-state index is 0.107. The summed E-state index contributed by atoms with van der Waals surface area (Å²) in [6.45, 7) is 1.47. The maximum absolute atomic E-state index is 11.0. The minimum atomic E-state index is -0.564. The molecule has 118 valence electrons. The lowest BCUT2D eigenvalue weighted by atomic mass is 10.3. The third kappa shape index (κ3) is 3.55. The van der Waals surface area contributed by atoms with Crippen molar-refractivity contribution < 1.29 is 4.79 Å². The highest BCUT2D eigenvalue weighted by molar-refractivity contribution is 5.96. The van der Waals surface area contributed by atoms with E-state index in [1.165, 1.54) is 6.92 Å². The van der Waals surface area contributed by atoms with Gasteiger partial charge in [-0.1, -0.05) is 6.07 Å². The number of aromatic nitrogens is 1. The van der Waals surface area contributed by atoms with E-state index in [0.717, 1.165) is 11.4 Å². The average molecular weight is 311 g/mol. The second-order valence-corrected chi connectivity index (χ2v) is 4.94. The summed E-state index contributed by atoms with van der Waals surface area (Å²) in [6, 6.07) is 12.8. The number of hydrazine groups is 1. The molecule has 1 aliphatic rings. The van der Waals surface area contributed by atoms with E-state index in [0.29, 0.717) is 11.8 Å². The lowest BCUT2D eigenvalue weighted by Gasteiger charge is -2.21. The molecule has 2 aromatic rings. The number of nitrogens with one attached hydrogen (secondary N) is 3. The van der Waals surface area contributed by atoms with E-state index in [4.69, 9.17) is 5.73 Å². The van der Waals surface area contributed by atoms with Crippen molar-refractivity contribution >= 4 is 29.1 Å². The van der Waals surface area contributed by atoms with Crippen LogP contribution >= 0.6 is 0 Å². The average Bonchev–Trinajstić information content (AvgIpc) is 2.90. The molecule has 5 N–H and O–H groups in total. The Balaban J connectivity index is 1.65. The van der Waals surface area contributed by atoms with Gasteiger partial charge in [-0.2, -0.15) is 0 Å². The van der Waals surface area contributed by atoms with Gasteiger partial charge in [0, 0.05) is 24.5 Å². The first-order chi connectivity index (χ1) is 11.1. The smallest absolute Gasteiger partial charge is 0.221 e. The molecule has 0 bridgehead atoms. The molecular weight excluding hydrogens is 294 g/mol. The fourth-order valence-corrected chi connectivity index (χ4v) is 2.13. The summed E-state index contributed by atoms with van der Waals surface area (Å²) in [6.07, 6.45) is 1.13. The summed E-state index contributed by atoms with van der Waals surface area (Å²) in [5.41, 5.74) is 10.6. The molecule has 0 saturated heterocycles. The maximum atomic E-state index is 11.0. The first-order valence-electron chi connectivity index (χ1n) is 7.07. The van der Waals surface area contributed by atoms with Crippen LogP contribution in [-0.2, 0) is 4.79 Å². The Morgan fingerprint density at radius 3 is 2.61 bits per heavy atom. The first kappa shape index (κ1) is 14.8. The monoisotopic (exact) mass is 311 g/mol. The van der Waals surface area contributed by atoms with Crippen LogP contribution in [0.2, 0.25) is 0 Å². The normalized spacial score (nSPS) is 16.5. The lowest BCUT2D eigenvalue weighted by Crippen LogP contribution is -2.46. The number of nitrogens with two attached hydrogens (primary N) is 1. The van der Waals surface area contributed by atoms with Crippen LogP contribution in [0, 0.1) is 0 Å². The third-order valence-electron chi connectivity index (χ3n) is 3.12. The number of amides is 1. The van der Waals surface area contributed by atoms with Gasteiger partial charge in [0.1, 0.15) is 5.82 Å². The van der Waals surface area contributed by atoms with Gasteiger partial charge in [-0.15, -0.1) is 0 Å². The highest BCUT2D eigenvalue weighted by Crippen LogP contribution is 2.16. The fourth-order valence-electron chi connectivity index (χ4n) is 2.13. The van der Waals surface area contributed by atoms with Crippen LogP contribution in [0.25, 0.3) is 0 Å². The van der Waals surface area contributed by atoms with Crippen molar-refractivity contribution in [1.82, 2.24) is 10.4 Å². The topological polar surface area (TPSA) is 108 Å². The van der Waals surface area contributed by atoms with Crippen LogP contribution in [0.15, 0.2) is 53.7 Å². The lowest BCUT2D eigenvalue weighted by molar-refractivity contribution is -0.114. The van der Waals surface area contributed by atoms with Crippen molar-refractivity contribution in [3.05, 3.63) is 48.7 Å². The van der Waals surface area contributed by atoms with Crippen molar-refractivity contribution in [3.63, 3.8) is 0 Å². The van der Waals surface area contributed by atoms with E-state index in [-0.39, 0.29) is 5.91 Å². The number of hydrogen-bond acceptors (Lipinski definition) is 7. The van der Waals surface area contributed by atoms with Crippen LogP contribution in [0.5, 0.6) is 0 Å². The van der Waals surface area contributed by atoms with E-state index < -0.39 is 6.29 Å². The molecule has 1 unspecified atom stereocenters. The van der Waals surface area contributed by atoms with E-state index in [1.807, 2.05) is 30.3 Å². The molecule has 0 fully saturated rings. The molecule has 0 saturated carbocycles. The predicted molar refractivity (Wildman–Crippen MR) is 89.6 cm³/mol. The number of carbonyl (C=O) groups is 1.